The molecule has 0 amide bonds. The highest BCUT2D eigenvalue weighted by Gasteiger charge is 2.24. The minimum Gasteiger partial charge on any atom is -0.372 e. The lowest BCUT2D eigenvalue weighted by atomic mass is 10.1. The van der Waals surface area contributed by atoms with Crippen LogP contribution in [0, 0.1) is 0 Å². The van der Waals surface area contributed by atoms with Crippen molar-refractivity contribution in [2.75, 3.05) is 33.0 Å². The second kappa shape index (κ2) is 6.26. The van der Waals surface area contributed by atoms with Gasteiger partial charge in [-0.3, -0.25) is 0 Å². The Labute approximate surface area is 125 Å². The second-order valence-electron chi connectivity index (χ2n) is 5.28. The van der Waals surface area contributed by atoms with Gasteiger partial charge in [-0.05, 0) is 34.0 Å². The smallest absolute Gasteiger partial charge is 0.242 e. The third-order valence-corrected chi connectivity index (χ3v) is 4.93. The molecule has 0 atom stereocenters. The third kappa shape index (κ3) is 4.05. The van der Waals surface area contributed by atoms with Gasteiger partial charge in [0.25, 0.3) is 0 Å². The first kappa shape index (κ1) is 17.2. The molecule has 0 aliphatic heterocycles. The summed E-state index contributed by atoms with van der Waals surface area (Å²) >= 11 is 5.95. The molecular weight excluding hydrogens is 300 g/mol. The summed E-state index contributed by atoms with van der Waals surface area (Å²) in [4.78, 5) is 5.97. The summed E-state index contributed by atoms with van der Waals surface area (Å²) in [6, 6.07) is 1.38. The van der Waals surface area contributed by atoms with Crippen molar-refractivity contribution in [1.82, 2.24) is 14.6 Å². The molecule has 0 saturated carbocycles. The molecule has 1 aromatic heterocycles. The van der Waals surface area contributed by atoms with Gasteiger partial charge in [0.15, 0.2) is 0 Å². The Balaban J connectivity index is 2.92. The minimum atomic E-state index is -3.63. The number of anilines is 1. The van der Waals surface area contributed by atoms with Gasteiger partial charge in [0.2, 0.25) is 10.0 Å². The predicted octanol–water partition coefficient (Wildman–Crippen LogP) is 1.40. The lowest BCUT2D eigenvalue weighted by molar-refractivity contribution is 0.199. The zero-order valence-electron chi connectivity index (χ0n) is 12.4. The van der Waals surface area contributed by atoms with E-state index in [-0.39, 0.29) is 22.0 Å². The molecule has 0 spiro atoms. The zero-order chi connectivity index (χ0) is 15.6. The van der Waals surface area contributed by atoms with Gasteiger partial charge in [-0.2, -0.15) is 0 Å². The maximum absolute atomic E-state index is 12.2. The van der Waals surface area contributed by atoms with Crippen molar-refractivity contribution in [1.29, 1.82) is 0 Å². The van der Waals surface area contributed by atoms with Gasteiger partial charge in [0, 0.05) is 25.3 Å². The largest absolute Gasteiger partial charge is 0.372 e. The van der Waals surface area contributed by atoms with Crippen molar-refractivity contribution in [3.8, 4) is 0 Å². The molecule has 0 radical (unpaired) electrons. The van der Waals surface area contributed by atoms with Gasteiger partial charge < -0.3 is 10.2 Å². The van der Waals surface area contributed by atoms with Crippen LogP contribution in [0.15, 0.2) is 17.2 Å². The lowest BCUT2D eigenvalue weighted by Crippen LogP contribution is -2.48. The summed E-state index contributed by atoms with van der Waals surface area (Å²) < 4.78 is 27.0. The molecule has 0 aliphatic carbocycles. The van der Waals surface area contributed by atoms with Crippen molar-refractivity contribution in [2.24, 2.45) is 0 Å². The van der Waals surface area contributed by atoms with Crippen LogP contribution in [0.4, 0.5) is 5.82 Å². The molecule has 1 heterocycles. The number of sulfonamides is 1. The van der Waals surface area contributed by atoms with Crippen LogP contribution in [-0.4, -0.2) is 51.5 Å². The summed E-state index contributed by atoms with van der Waals surface area (Å²) in [6.45, 7) is 4.18. The van der Waals surface area contributed by atoms with Gasteiger partial charge in [-0.1, -0.05) is 11.6 Å². The van der Waals surface area contributed by atoms with Gasteiger partial charge >= 0.3 is 0 Å². The van der Waals surface area contributed by atoms with Crippen molar-refractivity contribution < 1.29 is 8.42 Å². The van der Waals surface area contributed by atoms with E-state index in [1.54, 1.807) is 7.05 Å². The molecule has 0 saturated heterocycles. The molecule has 0 aromatic carbocycles. The Hall–Kier alpha value is -0.890. The Morgan fingerprint density at radius 3 is 2.45 bits per heavy atom. The van der Waals surface area contributed by atoms with Crippen LogP contribution in [0.5, 0.6) is 0 Å². The molecule has 0 unspecified atom stereocenters. The summed E-state index contributed by atoms with van der Waals surface area (Å²) in [5.41, 5.74) is -0.296. The standard InChI is InChI=1S/C12H21ClN4O2S/c1-12(2,17(4)5)8-16-20(18,19)9-6-10(13)11(14-3)15-7-9/h6-7,16H,8H2,1-5H3,(H,14,15). The maximum atomic E-state index is 12.2. The average molecular weight is 321 g/mol. The fraction of sp³-hybridized carbons (Fsp3) is 0.583. The molecule has 20 heavy (non-hydrogen) atoms. The number of hydrogen-bond acceptors (Lipinski definition) is 5. The van der Waals surface area contributed by atoms with E-state index in [9.17, 15) is 8.42 Å². The number of rotatable bonds is 6. The quantitative estimate of drug-likeness (QED) is 0.828. The van der Waals surface area contributed by atoms with Gasteiger partial charge in [0.1, 0.15) is 10.7 Å². The monoisotopic (exact) mass is 320 g/mol. The van der Waals surface area contributed by atoms with Crippen LogP contribution < -0.4 is 10.0 Å². The summed E-state index contributed by atoms with van der Waals surface area (Å²) in [7, 11) is 1.84. The zero-order valence-corrected chi connectivity index (χ0v) is 13.9. The molecule has 0 bridgehead atoms. The second-order valence-corrected chi connectivity index (χ2v) is 7.46. The summed E-state index contributed by atoms with van der Waals surface area (Å²) in [6.07, 6.45) is 1.28. The van der Waals surface area contributed by atoms with Crippen molar-refractivity contribution in [2.45, 2.75) is 24.3 Å². The number of aromatic nitrogens is 1. The van der Waals surface area contributed by atoms with E-state index < -0.39 is 10.0 Å². The summed E-state index contributed by atoms with van der Waals surface area (Å²) in [5, 5.41) is 3.05. The van der Waals surface area contributed by atoms with E-state index in [1.165, 1.54) is 12.3 Å². The normalized spacial score (nSPS) is 12.8. The van der Waals surface area contributed by atoms with Crippen molar-refractivity contribution >= 4 is 27.4 Å². The molecule has 6 nitrogen and oxygen atoms in total. The average Bonchev–Trinajstić information content (AvgIpc) is 2.36. The first-order valence-corrected chi connectivity index (χ1v) is 7.96. The maximum Gasteiger partial charge on any atom is 0.242 e. The van der Waals surface area contributed by atoms with E-state index in [2.05, 4.69) is 15.0 Å². The van der Waals surface area contributed by atoms with Crippen LogP contribution in [0.2, 0.25) is 5.02 Å². The van der Waals surface area contributed by atoms with E-state index in [0.717, 1.165) is 0 Å². The Bertz CT molecular complexity index is 573. The highest BCUT2D eigenvalue weighted by atomic mass is 35.5. The van der Waals surface area contributed by atoms with Gasteiger partial charge in [0.05, 0.1) is 5.02 Å². The molecule has 8 heteroatoms. The summed E-state index contributed by atoms with van der Waals surface area (Å²) in [5.74, 6) is 0.444. The molecular formula is C12H21ClN4O2S. The van der Waals surface area contributed by atoms with Gasteiger partial charge in [-0.15, -0.1) is 0 Å². The number of pyridine rings is 1. The number of hydrogen-bond donors (Lipinski definition) is 2. The number of nitrogens with zero attached hydrogens (tertiary/aromatic N) is 2. The topological polar surface area (TPSA) is 74.3 Å². The molecule has 2 N–H and O–H groups in total. The fourth-order valence-corrected chi connectivity index (χ4v) is 2.76. The number of nitrogens with one attached hydrogen (secondary N) is 2. The minimum absolute atomic E-state index is 0.0519. The van der Waals surface area contributed by atoms with Crippen LogP contribution >= 0.6 is 11.6 Å². The molecule has 1 rings (SSSR count). The fourth-order valence-electron chi connectivity index (χ4n) is 1.26. The Kier molecular flexibility index (Phi) is 5.37. The van der Waals surface area contributed by atoms with Crippen LogP contribution in [0.3, 0.4) is 0 Å². The molecule has 1 aromatic rings. The SMILES string of the molecule is CNc1ncc(S(=O)(=O)NCC(C)(C)N(C)C)cc1Cl. The first-order chi connectivity index (χ1) is 9.10. The van der Waals surface area contributed by atoms with E-state index in [0.29, 0.717) is 5.82 Å². The first-order valence-electron chi connectivity index (χ1n) is 6.10. The van der Waals surface area contributed by atoms with Crippen molar-refractivity contribution in [3.05, 3.63) is 17.3 Å². The molecule has 0 aliphatic rings. The van der Waals surface area contributed by atoms with E-state index >= 15 is 0 Å². The van der Waals surface area contributed by atoms with Crippen LogP contribution in [-0.2, 0) is 10.0 Å². The van der Waals surface area contributed by atoms with E-state index in [4.69, 9.17) is 11.6 Å². The highest BCUT2D eigenvalue weighted by molar-refractivity contribution is 7.89. The Morgan fingerprint density at radius 2 is 2.00 bits per heavy atom. The Morgan fingerprint density at radius 1 is 1.40 bits per heavy atom. The number of halogens is 1. The van der Waals surface area contributed by atoms with Crippen LogP contribution in [0.25, 0.3) is 0 Å². The molecule has 0 fully saturated rings. The predicted molar refractivity (Wildman–Crippen MR) is 81.7 cm³/mol. The lowest BCUT2D eigenvalue weighted by Gasteiger charge is -2.32. The highest BCUT2D eigenvalue weighted by Crippen LogP contribution is 2.22. The number of likely N-dealkylation sites (N-methyl/N-ethyl adjacent to an activating group) is 1. The third-order valence-electron chi connectivity index (χ3n) is 3.27. The van der Waals surface area contributed by atoms with E-state index in [1.807, 2.05) is 32.8 Å². The van der Waals surface area contributed by atoms with Gasteiger partial charge in [-0.25, -0.2) is 18.1 Å². The van der Waals surface area contributed by atoms with Crippen molar-refractivity contribution in [3.63, 3.8) is 0 Å². The van der Waals surface area contributed by atoms with Crippen LogP contribution in [0.1, 0.15) is 13.8 Å². The molecule has 114 valence electrons.